The van der Waals surface area contributed by atoms with Crippen LogP contribution in [0.5, 0.6) is 0 Å². The van der Waals surface area contributed by atoms with Gasteiger partial charge in [-0.3, -0.25) is 39.5 Å². The fourth-order valence-corrected chi connectivity index (χ4v) is 8.73. The highest BCUT2D eigenvalue weighted by Crippen LogP contribution is 2.36. The first-order chi connectivity index (χ1) is 34.3. The second-order valence-electron chi connectivity index (χ2n) is 16.7. The molecule has 0 aliphatic heterocycles. The minimum absolute atomic E-state index is 0.252. The van der Waals surface area contributed by atoms with Crippen LogP contribution >= 0.6 is 0 Å². The SMILES string of the molecule is Cn1ccc2ccc(-c3cc(NC(c4cccnc4)c4ccc(=O)[nH]n4)cc4nccnc34)cc21.Cn1ccc2ccc(-c3cc(NC(c4cccnc4)c4ccc(=O)[nH]n4)cc4nccnc34)cc21. The Kier molecular flexibility index (Phi) is 11.4. The summed E-state index contributed by atoms with van der Waals surface area (Å²) in [5.74, 6) is 0. The van der Waals surface area contributed by atoms with Gasteiger partial charge >= 0.3 is 0 Å². The van der Waals surface area contributed by atoms with Gasteiger partial charge in [-0.05, 0) is 106 Å². The molecule has 0 saturated carbocycles. The standard InChI is InChI=1S/2C27H21N7O/c2*1-34-12-8-17-4-5-18(13-24(17)34)21-14-20(15-23-27(21)30-11-10-29-23)31-26(19-3-2-9-28-16-19)22-6-7-25(35)33-32-22/h2*2-16,26,31H,1H3,(H,33,35). The number of pyridine rings is 2. The number of aromatic nitrogens is 12. The summed E-state index contributed by atoms with van der Waals surface area (Å²) in [6.45, 7) is 0. The number of rotatable bonds is 10. The van der Waals surface area contributed by atoms with Crippen molar-refractivity contribution < 1.29 is 0 Å². The molecule has 16 nitrogen and oxygen atoms in total. The highest BCUT2D eigenvalue weighted by atomic mass is 16.1. The number of H-pyrrole nitrogens is 2. The number of hydrogen-bond acceptors (Lipinski definition) is 12. The number of benzene rings is 4. The molecule has 0 radical (unpaired) electrons. The van der Waals surface area contributed by atoms with Gasteiger partial charge in [-0.2, -0.15) is 10.2 Å². The lowest BCUT2D eigenvalue weighted by atomic mass is 10.00. The van der Waals surface area contributed by atoms with Crippen LogP contribution in [0, 0.1) is 0 Å². The number of aromatic amines is 2. The van der Waals surface area contributed by atoms with Crippen molar-refractivity contribution in [1.82, 2.24) is 59.4 Å². The topological polar surface area (TPSA) is 203 Å². The van der Waals surface area contributed by atoms with Crippen LogP contribution in [0.1, 0.15) is 34.6 Å². The van der Waals surface area contributed by atoms with Gasteiger partial charge in [-0.15, -0.1) is 0 Å². The largest absolute Gasteiger partial charge is 0.373 e. The molecule has 0 spiro atoms. The van der Waals surface area contributed by atoms with Crippen LogP contribution < -0.4 is 21.8 Å². The van der Waals surface area contributed by atoms with Crippen molar-refractivity contribution in [2.75, 3.05) is 10.6 Å². The molecular weight excluding hydrogens is 877 g/mol. The van der Waals surface area contributed by atoms with Gasteiger partial charge < -0.3 is 19.8 Å². The molecule has 12 rings (SSSR count). The molecule has 8 heterocycles. The number of hydrogen-bond donors (Lipinski definition) is 4. The Balaban J connectivity index is 0.000000152. The van der Waals surface area contributed by atoms with Gasteiger partial charge in [0, 0.05) is 122 Å². The minimum atomic E-state index is -0.335. The molecule has 12 aromatic rings. The number of fused-ring (bicyclic) bond motifs is 4. The third-order valence-electron chi connectivity index (χ3n) is 12.2. The maximum absolute atomic E-state index is 11.6. The summed E-state index contributed by atoms with van der Waals surface area (Å²) >= 11 is 0. The molecule has 0 bridgehead atoms. The molecule has 16 heteroatoms. The molecule has 0 fully saturated rings. The molecule has 2 unspecified atom stereocenters. The molecule has 0 saturated heterocycles. The van der Waals surface area contributed by atoms with E-state index in [2.05, 4.69) is 143 Å². The lowest BCUT2D eigenvalue weighted by molar-refractivity contribution is 0.819. The predicted molar refractivity (Wildman–Crippen MR) is 272 cm³/mol. The van der Waals surface area contributed by atoms with E-state index in [0.29, 0.717) is 11.4 Å². The van der Waals surface area contributed by atoms with Crippen LogP contribution in [0.25, 0.3) is 66.1 Å². The monoisotopic (exact) mass is 918 g/mol. The minimum Gasteiger partial charge on any atom is -0.373 e. The maximum Gasteiger partial charge on any atom is 0.264 e. The number of nitrogens with zero attached hydrogens (tertiary/aromatic N) is 10. The van der Waals surface area contributed by atoms with E-state index in [9.17, 15) is 9.59 Å². The summed E-state index contributed by atoms with van der Waals surface area (Å²) in [4.78, 5) is 50.2. The Morgan fingerprint density at radius 2 is 0.943 bits per heavy atom. The Morgan fingerprint density at radius 1 is 0.486 bits per heavy atom. The van der Waals surface area contributed by atoms with Crippen molar-refractivity contribution in [3.8, 4) is 22.3 Å². The first-order valence-corrected chi connectivity index (χ1v) is 22.4. The Morgan fingerprint density at radius 3 is 1.36 bits per heavy atom. The van der Waals surface area contributed by atoms with Crippen molar-refractivity contribution in [1.29, 1.82) is 0 Å². The van der Waals surface area contributed by atoms with E-state index >= 15 is 0 Å². The molecule has 0 aliphatic carbocycles. The van der Waals surface area contributed by atoms with E-state index < -0.39 is 0 Å². The van der Waals surface area contributed by atoms with Crippen molar-refractivity contribution in [2.24, 2.45) is 14.1 Å². The molecule has 2 atom stereocenters. The van der Waals surface area contributed by atoms with Gasteiger partial charge in [0.15, 0.2) is 0 Å². The Hall–Kier alpha value is -9.70. The second kappa shape index (κ2) is 18.5. The van der Waals surface area contributed by atoms with E-state index in [0.717, 1.165) is 77.9 Å². The van der Waals surface area contributed by atoms with Crippen LogP contribution in [-0.2, 0) is 14.1 Å². The second-order valence-corrected chi connectivity index (χ2v) is 16.7. The first-order valence-electron chi connectivity index (χ1n) is 22.4. The molecule has 0 aliphatic rings. The number of anilines is 2. The number of aryl methyl sites for hydroxylation is 2. The third kappa shape index (κ3) is 8.70. The lowest BCUT2D eigenvalue weighted by Crippen LogP contribution is -2.17. The summed E-state index contributed by atoms with van der Waals surface area (Å²) in [6.07, 6.45) is 17.9. The van der Waals surface area contributed by atoms with E-state index in [1.54, 1.807) is 61.7 Å². The molecule has 70 heavy (non-hydrogen) atoms. The fraction of sp³-hybridized carbons (Fsp3) is 0.0741. The van der Waals surface area contributed by atoms with Crippen molar-refractivity contribution in [2.45, 2.75) is 12.1 Å². The molecule has 4 N–H and O–H groups in total. The summed E-state index contributed by atoms with van der Waals surface area (Å²) in [5.41, 5.74) is 13.9. The van der Waals surface area contributed by atoms with Crippen LogP contribution in [0.4, 0.5) is 11.4 Å². The van der Waals surface area contributed by atoms with Crippen molar-refractivity contribution >= 4 is 55.2 Å². The van der Waals surface area contributed by atoms with Crippen molar-refractivity contribution in [3.05, 3.63) is 227 Å². The Labute approximate surface area is 398 Å². The lowest BCUT2D eigenvalue weighted by Gasteiger charge is -2.20. The average Bonchev–Trinajstić information content (AvgIpc) is 3.98. The van der Waals surface area contributed by atoms with E-state index in [-0.39, 0.29) is 23.2 Å². The third-order valence-corrected chi connectivity index (χ3v) is 12.2. The molecule has 8 aromatic heterocycles. The average molecular weight is 919 g/mol. The highest BCUT2D eigenvalue weighted by molar-refractivity contribution is 5.98. The summed E-state index contributed by atoms with van der Waals surface area (Å²) in [5, 5.41) is 23.1. The van der Waals surface area contributed by atoms with E-state index in [1.807, 2.05) is 50.5 Å². The predicted octanol–water partition coefficient (Wildman–Crippen LogP) is 8.94. The zero-order chi connectivity index (χ0) is 47.6. The normalized spacial score (nSPS) is 12.1. The number of nitrogens with one attached hydrogen (secondary N) is 4. The van der Waals surface area contributed by atoms with Gasteiger partial charge in [0.05, 0.1) is 45.5 Å². The van der Waals surface area contributed by atoms with Crippen molar-refractivity contribution in [3.63, 3.8) is 0 Å². The van der Waals surface area contributed by atoms with Crippen LogP contribution in [0.3, 0.4) is 0 Å². The van der Waals surface area contributed by atoms with Gasteiger partial charge in [0.1, 0.15) is 0 Å². The smallest absolute Gasteiger partial charge is 0.264 e. The van der Waals surface area contributed by atoms with Gasteiger partial charge in [-0.25, -0.2) is 10.2 Å². The summed E-state index contributed by atoms with van der Waals surface area (Å²) in [7, 11) is 4.08. The molecule has 4 aromatic carbocycles. The molecule has 340 valence electrons. The van der Waals surface area contributed by atoms with Crippen LogP contribution in [0.15, 0.2) is 193 Å². The Bertz CT molecular complexity index is 3660. The van der Waals surface area contributed by atoms with Gasteiger partial charge in [-0.1, -0.05) is 36.4 Å². The summed E-state index contributed by atoms with van der Waals surface area (Å²) < 4.78 is 4.21. The zero-order valence-corrected chi connectivity index (χ0v) is 37.8. The highest BCUT2D eigenvalue weighted by Gasteiger charge is 2.20. The zero-order valence-electron chi connectivity index (χ0n) is 37.8. The maximum atomic E-state index is 11.6. The van der Waals surface area contributed by atoms with Gasteiger partial charge in [0.2, 0.25) is 0 Å². The van der Waals surface area contributed by atoms with E-state index in [1.165, 1.54) is 22.9 Å². The van der Waals surface area contributed by atoms with Gasteiger partial charge in [0.25, 0.3) is 11.1 Å². The van der Waals surface area contributed by atoms with E-state index in [4.69, 9.17) is 0 Å². The quantitative estimate of drug-likeness (QED) is 0.102. The first kappa shape index (κ1) is 42.9. The van der Waals surface area contributed by atoms with Crippen LogP contribution in [0.2, 0.25) is 0 Å². The van der Waals surface area contributed by atoms with Crippen LogP contribution in [-0.4, -0.2) is 59.4 Å². The molecule has 0 amide bonds. The molecular formula is C54H42N14O2. The fourth-order valence-electron chi connectivity index (χ4n) is 8.73. The summed E-state index contributed by atoms with van der Waals surface area (Å²) in [6, 6.07) is 38.5.